The largest absolute Gasteiger partial charge is 0.342 e. The van der Waals surface area contributed by atoms with Crippen molar-refractivity contribution in [1.29, 1.82) is 0 Å². The molecule has 0 aliphatic rings. The zero-order valence-corrected chi connectivity index (χ0v) is 8.41. The van der Waals surface area contributed by atoms with E-state index < -0.39 is 0 Å². The Morgan fingerprint density at radius 2 is 1.85 bits per heavy atom. The molecule has 0 unspecified atom stereocenters. The van der Waals surface area contributed by atoms with Crippen molar-refractivity contribution in [2.45, 2.75) is 26.8 Å². The minimum atomic E-state index is 0.542. The third-order valence-electron chi connectivity index (χ3n) is 2.46. The van der Waals surface area contributed by atoms with Gasteiger partial charge in [0.2, 0.25) is 0 Å². The minimum Gasteiger partial charge on any atom is -0.342 e. The molecule has 0 atom stereocenters. The highest BCUT2D eigenvalue weighted by Crippen LogP contribution is 2.22. The Bertz CT molecular complexity index is 424. The molecular formula is C12H15N. The number of hydrogen-bond acceptors (Lipinski definition) is 0. The van der Waals surface area contributed by atoms with Crippen LogP contribution in [0, 0.1) is 6.92 Å². The molecule has 1 aromatic carbocycles. The fourth-order valence-corrected chi connectivity index (χ4v) is 2.00. The van der Waals surface area contributed by atoms with Gasteiger partial charge >= 0.3 is 0 Å². The first kappa shape index (κ1) is 8.36. The number of aryl methyl sites for hydroxylation is 1. The van der Waals surface area contributed by atoms with Crippen LogP contribution >= 0.6 is 0 Å². The summed E-state index contributed by atoms with van der Waals surface area (Å²) in [7, 11) is 0. The van der Waals surface area contributed by atoms with Gasteiger partial charge in [0.25, 0.3) is 0 Å². The van der Waals surface area contributed by atoms with Crippen LogP contribution in [-0.2, 0) is 0 Å². The summed E-state index contributed by atoms with van der Waals surface area (Å²) in [6, 6.07) is 11.3. The summed E-state index contributed by atoms with van der Waals surface area (Å²) in [6.45, 7) is 6.61. The molecule has 0 bridgehead atoms. The van der Waals surface area contributed by atoms with E-state index in [4.69, 9.17) is 0 Å². The summed E-state index contributed by atoms with van der Waals surface area (Å²) in [4.78, 5) is 0. The van der Waals surface area contributed by atoms with E-state index in [0.717, 1.165) is 0 Å². The van der Waals surface area contributed by atoms with E-state index in [0.29, 0.717) is 6.04 Å². The second-order valence-corrected chi connectivity index (χ2v) is 3.81. The molecule has 1 heteroatoms. The van der Waals surface area contributed by atoms with Crippen molar-refractivity contribution in [3.05, 3.63) is 36.0 Å². The summed E-state index contributed by atoms with van der Waals surface area (Å²) in [5.41, 5.74) is 2.69. The predicted octanol–water partition coefficient (Wildman–Crippen LogP) is 3.53. The molecular weight excluding hydrogens is 158 g/mol. The maximum atomic E-state index is 2.37. The summed E-state index contributed by atoms with van der Waals surface area (Å²) in [5, 5.41) is 1.34. The summed E-state index contributed by atoms with van der Waals surface area (Å²) in [5.74, 6) is 0. The minimum absolute atomic E-state index is 0.542. The number of benzene rings is 1. The van der Waals surface area contributed by atoms with Crippen molar-refractivity contribution in [3.63, 3.8) is 0 Å². The highest BCUT2D eigenvalue weighted by atomic mass is 15.0. The zero-order valence-electron chi connectivity index (χ0n) is 8.41. The standard InChI is InChI=1S/C12H15N/c1-9(2)13-10(3)8-11-6-4-5-7-12(11)13/h4-9H,1-3H3. The van der Waals surface area contributed by atoms with Crippen LogP contribution in [0.1, 0.15) is 25.6 Å². The highest BCUT2D eigenvalue weighted by Gasteiger charge is 2.06. The van der Waals surface area contributed by atoms with Crippen molar-refractivity contribution in [2.75, 3.05) is 0 Å². The average Bonchev–Trinajstić information content (AvgIpc) is 2.39. The van der Waals surface area contributed by atoms with Crippen LogP contribution in [0.15, 0.2) is 30.3 Å². The lowest BCUT2D eigenvalue weighted by Gasteiger charge is -2.11. The Kier molecular flexibility index (Phi) is 1.87. The quantitative estimate of drug-likeness (QED) is 0.621. The van der Waals surface area contributed by atoms with Crippen molar-refractivity contribution in [1.82, 2.24) is 4.57 Å². The number of aromatic nitrogens is 1. The van der Waals surface area contributed by atoms with Gasteiger partial charge in [0, 0.05) is 17.3 Å². The molecule has 0 saturated carbocycles. The molecule has 2 aromatic rings. The molecule has 0 amide bonds. The highest BCUT2D eigenvalue weighted by molar-refractivity contribution is 5.81. The summed E-state index contributed by atoms with van der Waals surface area (Å²) >= 11 is 0. The van der Waals surface area contributed by atoms with Crippen molar-refractivity contribution in [2.24, 2.45) is 0 Å². The molecule has 1 heterocycles. The van der Waals surface area contributed by atoms with Crippen LogP contribution in [0.25, 0.3) is 10.9 Å². The topological polar surface area (TPSA) is 4.93 Å². The Hall–Kier alpha value is -1.24. The summed E-state index contributed by atoms with van der Waals surface area (Å²) in [6.07, 6.45) is 0. The normalized spacial score (nSPS) is 11.4. The SMILES string of the molecule is Cc1cc2ccccc2n1C(C)C. The zero-order chi connectivity index (χ0) is 9.42. The summed E-state index contributed by atoms with van der Waals surface area (Å²) < 4.78 is 2.37. The first-order valence-electron chi connectivity index (χ1n) is 4.76. The smallest absolute Gasteiger partial charge is 0.0484 e. The van der Waals surface area contributed by atoms with Crippen LogP contribution in [0.5, 0.6) is 0 Å². The van der Waals surface area contributed by atoms with Crippen LogP contribution < -0.4 is 0 Å². The fraction of sp³-hybridized carbons (Fsp3) is 0.333. The van der Waals surface area contributed by atoms with E-state index in [1.54, 1.807) is 0 Å². The van der Waals surface area contributed by atoms with E-state index in [1.165, 1.54) is 16.6 Å². The number of rotatable bonds is 1. The van der Waals surface area contributed by atoms with E-state index >= 15 is 0 Å². The number of nitrogens with zero attached hydrogens (tertiary/aromatic N) is 1. The lowest BCUT2D eigenvalue weighted by atomic mass is 10.2. The molecule has 1 aromatic heterocycles. The molecule has 13 heavy (non-hydrogen) atoms. The predicted molar refractivity (Wildman–Crippen MR) is 57.1 cm³/mol. The molecule has 0 aliphatic heterocycles. The van der Waals surface area contributed by atoms with Gasteiger partial charge < -0.3 is 4.57 Å². The third kappa shape index (κ3) is 1.24. The van der Waals surface area contributed by atoms with Crippen LogP contribution in [0.2, 0.25) is 0 Å². The maximum absolute atomic E-state index is 2.37. The van der Waals surface area contributed by atoms with Crippen molar-refractivity contribution >= 4 is 10.9 Å². The fourth-order valence-electron chi connectivity index (χ4n) is 2.00. The lowest BCUT2D eigenvalue weighted by Crippen LogP contribution is -2.01. The van der Waals surface area contributed by atoms with Gasteiger partial charge in [-0.25, -0.2) is 0 Å². The number of hydrogen-bond donors (Lipinski definition) is 0. The van der Waals surface area contributed by atoms with E-state index in [2.05, 4.69) is 55.7 Å². The monoisotopic (exact) mass is 173 g/mol. The van der Waals surface area contributed by atoms with Gasteiger partial charge in [0.05, 0.1) is 0 Å². The Balaban J connectivity index is 2.78. The number of para-hydroxylation sites is 1. The average molecular weight is 173 g/mol. The van der Waals surface area contributed by atoms with Crippen LogP contribution in [0.3, 0.4) is 0 Å². The first-order valence-corrected chi connectivity index (χ1v) is 4.76. The Labute approximate surface area is 79.0 Å². The molecule has 0 aliphatic carbocycles. The second kappa shape index (κ2) is 2.91. The molecule has 0 N–H and O–H groups in total. The molecule has 2 rings (SSSR count). The van der Waals surface area contributed by atoms with E-state index in [-0.39, 0.29) is 0 Å². The van der Waals surface area contributed by atoms with E-state index in [1.807, 2.05) is 0 Å². The Morgan fingerprint density at radius 1 is 1.15 bits per heavy atom. The molecule has 0 saturated heterocycles. The molecule has 0 fully saturated rings. The van der Waals surface area contributed by atoms with Crippen LogP contribution in [0.4, 0.5) is 0 Å². The maximum Gasteiger partial charge on any atom is 0.0484 e. The van der Waals surface area contributed by atoms with Crippen LogP contribution in [-0.4, -0.2) is 4.57 Å². The number of fused-ring (bicyclic) bond motifs is 1. The molecule has 1 nitrogen and oxygen atoms in total. The molecule has 68 valence electrons. The molecule has 0 radical (unpaired) electrons. The van der Waals surface area contributed by atoms with Crippen molar-refractivity contribution < 1.29 is 0 Å². The van der Waals surface area contributed by atoms with Gasteiger partial charge in [-0.15, -0.1) is 0 Å². The van der Waals surface area contributed by atoms with Gasteiger partial charge in [-0.3, -0.25) is 0 Å². The third-order valence-corrected chi connectivity index (χ3v) is 2.46. The second-order valence-electron chi connectivity index (χ2n) is 3.81. The van der Waals surface area contributed by atoms with Crippen molar-refractivity contribution in [3.8, 4) is 0 Å². The first-order chi connectivity index (χ1) is 6.20. The van der Waals surface area contributed by atoms with Gasteiger partial charge in [-0.05, 0) is 38.3 Å². The van der Waals surface area contributed by atoms with Gasteiger partial charge in [0.15, 0.2) is 0 Å². The van der Waals surface area contributed by atoms with Gasteiger partial charge in [0.1, 0.15) is 0 Å². The molecule has 0 spiro atoms. The van der Waals surface area contributed by atoms with E-state index in [9.17, 15) is 0 Å². The van der Waals surface area contributed by atoms with Gasteiger partial charge in [-0.2, -0.15) is 0 Å². The Morgan fingerprint density at radius 3 is 2.54 bits per heavy atom. The van der Waals surface area contributed by atoms with Gasteiger partial charge in [-0.1, -0.05) is 18.2 Å². The lowest BCUT2D eigenvalue weighted by molar-refractivity contribution is 0.608.